The zero-order chi connectivity index (χ0) is 18.5. The minimum Gasteiger partial charge on any atom is -0.478 e. The number of carboxylic acids is 1. The van der Waals surface area contributed by atoms with Crippen molar-refractivity contribution < 1.29 is 14.7 Å². The highest BCUT2D eigenvalue weighted by Gasteiger charge is 2.07. The second-order valence-corrected chi connectivity index (χ2v) is 5.80. The van der Waals surface area contributed by atoms with Crippen molar-refractivity contribution in [2.75, 3.05) is 0 Å². The number of nitrogens with zero attached hydrogens (tertiary/aromatic N) is 2. The molecule has 3 rings (SSSR count). The fourth-order valence-electron chi connectivity index (χ4n) is 2.35. The number of carbonyl (C=O) groups is 2. The maximum atomic E-state index is 12.0. The van der Waals surface area contributed by atoms with E-state index in [1.165, 1.54) is 12.3 Å². The molecule has 3 aromatic rings. The van der Waals surface area contributed by atoms with Crippen LogP contribution in [-0.4, -0.2) is 27.8 Å². The number of hydrogen-bond acceptors (Lipinski definition) is 3. The molecule has 0 radical (unpaired) electrons. The Bertz CT molecular complexity index is 978. The summed E-state index contributed by atoms with van der Waals surface area (Å²) in [7, 11) is 0. The number of halogens is 1. The quantitative estimate of drug-likeness (QED) is 0.534. The van der Waals surface area contributed by atoms with Crippen molar-refractivity contribution in [1.82, 2.24) is 9.99 Å². The highest BCUT2D eigenvalue weighted by Crippen LogP contribution is 2.14. The summed E-state index contributed by atoms with van der Waals surface area (Å²) in [6.45, 7) is 0. The van der Waals surface area contributed by atoms with Gasteiger partial charge in [0.05, 0.1) is 17.5 Å². The zero-order valence-electron chi connectivity index (χ0n) is 13.5. The number of aromatic carboxylic acids is 1. The molecule has 0 aliphatic heterocycles. The Hall–Kier alpha value is -3.38. The predicted molar refractivity (Wildman–Crippen MR) is 99.2 cm³/mol. The topological polar surface area (TPSA) is 83.7 Å². The van der Waals surface area contributed by atoms with Crippen LogP contribution in [0.25, 0.3) is 5.69 Å². The van der Waals surface area contributed by atoms with Crippen molar-refractivity contribution in [3.63, 3.8) is 0 Å². The van der Waals surface area contributed by atoms with Crippen molar-refractivity contribution in [1.29, 1.82) is 0 Å². The van der Waals surface area contributed by atoms with E-state index in [0.717, 1.165) is 0 Å². The first-order chi connectivity index (χ1) is 12.5. The lowest BCUT2D eigenvalue weighted by atomic mass is 10.2. The van der Waals surface area contributed by atoms with Gasteiger partial charge in [0.15, 0.2) is 0 Å². The highest BCUT2D eigenvalue weighted by atomic mass is 35.5. The third-order valence-electron chi connectivity index (χ3n) is 3.62. The Kier molecular flexibility index (Phi) is 5.15. The lowest BCUT2D eigenvalue weighted by molar-refractivity contribution is 0.0696. The summed E-state index contributed by atoms with van der Waals surface area (Å²) in [4.78, 5) is 23.1. The fraction of sp³-hybridized carbons (Fsp3) is 0. The molecule has 6 nitrogen and oxygen atoms in total. The average Bonchev–Trinajstić information content (AvgIpc) is 3.11. The molecule has 0 aliphatic rings. The van der Waals surface area contributed by atoms with E-state index in [-0.39, 0.29) is 11.5 Å². The highest BCUT2D eigenvalue weighted by molar-refractivity contribution is 6.30. The Morgan fingerprint density at radius 1 is 1.04 bits per heavy atom. The van der Waals surface area contributed by atoms with Crippen LogP contribution in [0.5, 0.6) is 0 Å². The van der Waals surface area contributed by atoms with Crippen molar-refractivity contribution in [2.24, 2.45) is 5.10 Å². The van der Waals surface area contributed by atoms with Gasteiger partial charge in [-0.05, 0) is 54.6 Å². The average molecular weight is 368 g/mol. The molecule has 7 heteroatoms. The van der Waals surface area contributed by atoms with Gasteiger partial charge in [-0.15, -0.1) is 0 Å². The van der Waals surface area contributed by atoms with E-state index >= 15 is 0 Å². The third-order valence-corrected chi connectivity index (χ3v) is 3.87. The van der Waals surface area contributed by atoms with Gasteiger partial charge in [-0.2, -0.15) is 5.10 Å². The van der Waals surface area contributed by atoms with Crippen LogP contribution in [0.4, 0.5) is 0 Å². The van der Waals surface area contributed by atoms with Gasteiger partial charge in [-0.25, -0.2) is 10.2 Å². The molecule has 0 unspecified atom stereocenters. The molecule has 2 N–H and O–H groups in total. The maximum absolute atomic E-state index is 12.0. The Morgan fingerprint density at radius 3 is 2.54 bits per heavy atom. The number of carbonyl (C=O) groups excluding carboxylic acids is 1. The normalized spacial score (nSPS) is 10.8. The van der Waals surface area contributed by atoms with Gasteiger partial charge < -0.3 is 9.67 Å². The number of amides is 1. The van der Waals surface area contributed by atoms with E-state index in [0.29, 0.717) is 22.0 Å². The summed E-state index contributed by atoms with van der Waals surface area (Å²) >= 11 is 5.79. The third kappa shape index (κ3) is 3.99. The predicted octanol–water partition coefficient (Wildman–Crippen LogP) is 3.59. The van der Waals surface area contributed by atoms with Crippen LogP contribution in [-0.2, 0) is 0 Å². The van der Waals surface area contributed by atoms with E-state index in [4.69, 9.17) is 16.7 Å². The Morgan fingerprint density at radius 2 is 1.81 bits per heavy atom. The number of rotatable bonds is 5. The number of benzene rings is 2. The summed E-state index contributed by atoms with van der Waals surface area (Å²) in [5.74, 6) is -1.35. The Labute approximate surface area is 154 Å². The summed E-state index contributed by atoms with van der Waals surface area (Å²) in [5.41, 5.74) is 4.44. The van der Waals surface area contributed by atoms with Crippen LogP contribution in [0.2, 0.25) is 5.02 Å². The number of aromatic nitrogens is 1. The van der Waals surface area contributed by atoms with E-state index in [1.807, 2.05) is 0 Å². The maximum Gasteiger partial charge on any atom is 0.335 e. The van der Waals surface area contributed by atoms with Crippen LogP contribution in [0.15, 0.2) is 72.0 Å². The molecular weight excluding hydrogens is 354 g/mol. The van der Waals surface area contributed by atoms with Gasteiger partial charge in [0.2, 0.25) is 0 Å². The van der Waals surface area contributed by atoms with Crippen LogP contribution < -0.4 is 5.43 Å². The SMILES string of the molecule is O=C(O)c1cccc(-n2cccc2/C=N\NC(=O)c2ccc(Cl)cc2)c1. The van der Waals surface area contributed by atoms with Crippen molar-refractivity contribution >= 4 is 29.7 Å². The number of carboxylic acid groups (broad SMARTS) is 1. The molecule has 1 amide bonds. The molecule has 0 saturated heterocycles. The van der Waals surface area contributed by atoms with Crippen molar-refractivity contribution in [3.05, 3.63) is 88.7 Å². The molecule has 0 atom stereocenters. The molecule has 0 aliphatic carbocycles. The molecule has 0 fully saturated rings. The summed E-state index contributed by atoms with van der Waals surface area (Å²) in [6.07, 6.45) is 3.27. The summed E-state index contributed by atoms with van der Waals surface area (Å²) < 4.78 is 1.77. The second kappa shape index (κ2) is 7.67. The van der Waals surface area contributed by atoms with Gasteiger partial charge in [0.1, 0.15) is 0 Å². The first-order valence-electron chi connectivity index (χ1n) is 7.64. The van der Waals surface area contributed by atoms with Crippen molar-refractivity contribution in [3.8, 4) is 5.69 Å². The number of nitrogens with one attached hydrogen (secondary N) is 1. The minimum atomic E-state index is -0.996. The van der Waals surface area contributed by atoms with Gasteiger partial charge >= 0.3 is 5.97 Å². The first-order valence-corrected chi connectivity index (χ1v) is 8.02. The fourth-order valence-corrected chi connectivity index (χ4v) is 2.47. The molecule has 0 saturated carbocycles. The summed E-state index contributed by atoms with van der Waals surface area (Å²) in [6, 6.07) is 16.6. The number of hydrogen-bond donors (Lipinski definition) is 2. The standard InChI is InChI=1S/C19H14ClN3O3/c20-15-8-6-13(7-9-15)18(24)22-21-12-17-5-2-10-23(17)16-4-1-3-14(11-16)19(25)26/h1-12H,(H,22,24)(H,25,26)/b21-12-. The smallest absolute Gasteiger partial charge is 0.335 e. The lowest BCUT2D eigenvalue weighted by Crippen LogP contribution is -2.17. The number of hydrazone groups is 1. The van der Waals surface area contributed by atoms with E-state index in [1.54, 1.807) is 65.4 Å². The van der Waals surface area contributed by atoms with Gasteiger partial charge in [-0.1, -0.05) is 17.7 Å². The second-order valence-electron chi connectivity index (χ2n) is 5.36. The van der Waals surface area contributed by atoms with Crippen LogP contribution in [0, 0.1) is 0 Å². The molecule has 1 aromatic heterocycles. The largest absolute Gasteiger partial charge is 0.478 e. The molecular formula is C19H14ClN3O3. The van der Waals surface area contributed by atoms with Gasteiger partial charge in [0, 0.05) is 22.5 Å². The van der Waals surface area contributed by atoms with Crippen LogP contribution in [0.3, 0.4) is 0 Å². The molecule has 26 heavy (non-hydrogen) atoms. The molecule has 0 bridgehead atoms. The summed E-state index contributed by atoms with van der Waals surface area (Å²) in [5, 5.41) is 13.6. The first kappa shape index (κ1) is 17.4. The molecule has 130 valence electrons. The molecule has 2 aromatic carbocycles. The van der Waals surface area contributed by atoms with E-state index in [2.05, 4.69) is 10.5 Å². The lowest BCUT2D eigenvalue weighted by Gasteiger charge is -2.07. The van der Waals surface area contributed by atoms with Crippen LogP contribution >= 0.6 is 11.6 Å². The zero-order valence-corrected chi connectivity index (χ0v) is 14.2. The molecule has 1 heterocycles. The van der Waals surface area contributed by atoms with E-state index in [9.17, 15) is 9.59 Å². The van der Waals surface area contributed by atoms with Crippen molar-refractivity contribution in [2.45, 2.75) is 0 Å². The van der Waals surface area contributed by atoms with Gasteiger partial charge in [0.25, 0.3) is 5.91 Å². The monoisotopic (exact) mass is 367 g/mol. The van der Waals surface area contributed by atoms with Crippen LogP contribution in [0.1, 0.15) is 26.4 Å². The Balaban J connectivity index is 1.75. The minimum absolute atomic E-state index is 0.190. The van der Waals surface area contributed by atoms with Gasteiger partial charge in [-0.3, -0.25) is 4.79 Å². The van der Waals surface area contributed by atoms with E-state index < -0.39 is 5.97 Å². The molecule has 0 spiro atoms.